The first kappa shape index (κ1) is 9.00. The summed E-state index contributed by atoms with van der Waals surface area (Å²) in [4.78, 5) is 15.2. The first-order valence-corrected chi connectivity index (χ1v) is 3.96. The Morgan fingerprint density at radius 1 is 1.83 bits per heavy atom. The summed E-state index contributed by atoms with van der Waals surface area (Å²) in [5, 5.41) is 0.208. The fraction of sp³-hybridized carbons (Fsp3) is 0.250. The zero-order chi connectivity index (χ0) is 9.14. The van der Waals surface area contributed by atoms with Crippen molar-refractivity contribution in [3.63, 3.8) is 0 Å². The van der Waals surface area contributed by atoms with Crippen LogP contribution in [0.4, 0.5) is 0 Å². The van der Waals surface area contributed by atoms with Crippen LogP contribution >= 0.6 is 11.6 Å². The molecule has 1 rings (SSSR count). The number of rotatable bonds is 2. The minimum Gasteiger partial charge on any atom is -0.293 e. The minimum atomic E-state index is -0.146. The molecule has 4 heteroatoms. The predicted molar refractivity (Wildman–Crippen MR) is 49.3 cm³/mol. The molecular formula is C8H9ClN2O. The minimum absolute atomic E-state index is 0.146. The van der Waals surface area contributed by atoms with E-state index in [9.17, 15) is 4.79 Å². The molecule has 0 amide bonds. The van der Waals surface area contributed by atoms with Gasteiger partial charge in [-0.2, -0.15) is 0 Å². The van der Waals surface area contributed by atoms with Crippen molar-refractivity contribution in [3.8, 4) is 0 Å². The Kier molecular flexibility index (Phi) is 2.65. The molecule has 0 radical (unpaired) electrons. The van der Waals surface area contributed by atoms with Crippen molar-refractivity contribution in [2.24, 2.45) is 0 Å². The zero-order valence-corrected chi connectivity index (χ0v) is 7.51. The molecule has 0 aromatic carbocycles. The molecular weight excluding hydrogens is 176 g/mol. The van der Waals surface area contributed by atoms with Gasteiger partial charge < -0.3 is 0 Å². The maximum atomic E-state index is 11.2. The van der Waals surface area contributed by atoms with E-state index in [4.69, 9.17) is 11.6 Å². The summed E-state index contributed by atoms with van der Waals surface area (Å²) in [6.45, 7) is 5.98. The summed E-state index contributed by atoms with van der Waals surface area (Å²) in [6, 6.07) is 1.29. The lowest BCUT2D eigenvalue weighted by Gasteiger charge is -2.04. The molecule has 0 saturated carbocycles. The van der Waals surface area contributed by atoms with Gasteiger partial charge in [-0.25, -0.2) is 4.98 Å². The summed E-state index contributed by atoms with van der Waals surface area (Å²) in [5.74, 6) is 0.509. The van der Waals surface area contributed by atoms with Crippen LogP contribution in [0.25, 0.3) is 6.08 Å². The van der Waals surface area contributed by atoms with Crippen LogP contribution in [0.5, 0.6) is 0 Å². The highest BCUT2D eigenvalue weighted by Crippen LogP contribution is 2.02. The third-order valence-electron chi connectivity index (χ3n) is 1.51. The Bertz CT molecular complexity index is 357. The molecule has 1 heterocycles. The summed E-state index contributed by atoms with van der Waals surface area (Å²) in [5.41, 5.74) is -0.146. The second kappa shape index (κ2) is 3.54. The molecule has 0 fully saturated rings. The predicted octanol–water partition coefficient (Wildman–Crippen LogP) is 1.56. The van der Waals surface area contributed by atoms with Crippen LogP contribution in [0.2, 0.25) is 5.15 Å². The van der Waals surface area contributed by atoms with E-state index < -0.39 is 0 Å². The molecule has 64 valence electrons. The Hall–Kier alpha value is -1.09. The van der Waals surface area contributed by atoms with Crippen molar-refractivity contribution < 1.29 is 0 Å². The van der Waals surface area contributed by atoms with Crippen molar-refractivity contribution in [2.45, 2.75) is 13.5 Å². The highest BCUT2D eigenvalue weighted by molar-refractivity contribution is 6.29. The van der Waals surface area contributed by atoms with Gasteiger partial charge in [0.05, 0.1) is 0 Å². The van der Waals surface area contributed by atoms with Gasteiger partial charge in [-0.3, -0.25) is 9.36 Å². The molecule has 1 aromatic rings. The van der Waals surface area contributed by atoms with Crippen LogP contribution in [-0.4, -0.2) is 9.55 Å². The Morgan fingerprint density at radius 2 is 2.50 bits per heavy atom. The molecule has 0 saturated heterocycles. The summed E-state index contributed by atoms with van der Waals surface area (Å²) in [7, 11) is 0. The largest absolute Gasteiger partial charge is 0.293 e. The van der Waals surface area contributed by atoms with Gasteiger partial charge in [0.1, 0.15) is 11.0 Å². The molecule has 0 spiro atoms. The highest BCUT2D eigenvalue weighted by Gasteiger charge is 2.01. The molecule has 0 aliphatic heterocycles. The van der Waals surface area contributed by atoms with E-state index in [1.54, 1.807) is 0 Å². The molecule has 0 atom stereocenters. The molecule has 0 aliphatic rings. The average molecular weight is 185 g/mol. The normalized spacial score (nSPS) is 9.83. The molecule has 0 unspecified atom stereocenters. The quantitative estimate of drug-likeness (QED) is 0.654. The fourth-order valence-corrected chi connectivity index (χ4v) is 1.15. The third-order valence-corrected chi connectivity index (χ3v) is 1.70. The summed E-state index contributed by atoms with van der Waals surface area (Å²) < 4.78 is 1.50. The Balaban J connectivity index is 3.44. The maximum Gasteiger partial charge on any atom is 0.255 e. The molecule has 0 N–H and O–H groups in total. The van der Waals surface area contributed by atoms with Crippen LogP contribution in [0, 0.1) is 0 Å². The monoisotopic (exact) mass is 184 g/mol. The second-order valence-corrected chi connectivity index (χ2v) is 2.61. The number of halogens is 1. The van der Waals surface area contributed by atoms with Crippen LogP contribution in [0.15, 0.2) is 17.4 Å². The Labute approximate surface area is 75.3 Å². The average Bonchev–Trinajstić information content (AvgIpc) is 2.03. The van der Waals surface area contributed by atoms with Gasteiger partial charge in [0.2, 0.25) is 0 Å². The lowest BCUT2D eigenvalue weighted by molar-refractivity contribution is 0.697. The van der Waals surface area contributed by atoms with Gasteiger partial charge in [0.25, 0.3) is 5.56 Å². The van der Waals surface area contributed by atoms with Gasteiger partial charge in [0, 0.05) is 12.6 Å². The van der Waals surface area contributed by atoms with Crippen molar-refractivity contribution in [2.75, 3.05) is 0 Å². The lowest BCUT2D eigenvalue weighted by Crippen LogP contribution is -2.21. The number of hydrogen-bond acceptors (Lipinski definition) is 2. The molecule has 12 heavy (non-hydrogen) atoms. The van der Waals surface area contributed by atoms with Crippen LogP contribution in [-0.2, 0) is 6.54 Å². The SMILES string of the molecule is C=Cc1nc(Cl)cc(=O)n1CC. The van der Waals surface area contributed by atoms with Gasteiger partial charge in [-0.15, -0.1) is 0 Å². The van der Waals surface area contributed by atoms with Crippen molar-refractivity contribution in [3.05, 3.63) is 34.0 Å². The van der Waals surface area contributed by atoms with Crippen molar-refractivity contribution in [1.29, 1.82) is 0 Å². The lowest BCUT2D eigenvalue weighted by atomic mass is 10.5. The molecule has 0 bridgehead atoms. The number of nitrogens with zero attached hydrogens (tertiary/aromatic N) is 2. The van der Waals surface area contributed by atoms with Crippen molar-refractivity contribution >= 4 is 17.7 Å². The van der Waals surface area contributed by atoms with E-state index in [0.717, 1.165) is 0 Å². The van der Waals surface area contributed by atoms with E-state index in [0.29, 0.717) is 12.4 Å². The number of hydrogen-bond donors (Lipinski definition) is 0. The molecule has 0 aliphatic carbocycles. The molecule has 1 aromatic heterocycles. The van der Waals surface area contributed by atoms with Gasteiger partial charge >= 0.3 is 0 Å². The van der Waals surface area contributed by atoms with E-state index in [-0.39, 0.29) is 10.7 Å². The third kappa shape index (κ3) is 1.56. The van der Waals surface area contributed by atoms with Crippen LogP contribution in [0.3, 0.4) is 0 Å². The number of aromatic nitrogens is 2. The van der Waals surface area contributed by atoms with E-state index in [2.05, 4.69) is 11.6 Å². The first-order valence-electron chi connectivity index (χ1n) is 3.59. The summed E-state index contributed by atoms with van der Waals surface area (Å²) in [6.07, 6.45) is 1.51. The highest BCUT2D eigenvalue weighted by atomic mass is 35.5. The Morgan fingerprint density at radius 3 is 3.00 bits per heavy atom. The zero-order valence-electron chi connectivity index (χ0n) is 6.75. The smallest absolute Gasteiger partial charge is 0.255 e. The van der Waals surface area contributed by atoms with Crippen molar-refractivity contribution in [1.82, 2.24) is 9.55 Å². The van der Waals surface area contributed by atoms with Crippen LogP contribution in [0.1, 0.15) is 12.7 Å². The van der Waals surface area contributed by atoms with Gasteiger partial charge in [-0.1, -0.05) is 18.2 Å². The standard InChI is InChI=1S/C8H9ClN2O/c1-3-7-10-6(9)5-8(12)11(7)4-2/h3,5H,1,4H2,2H3. The van der Waals surface area contributed by atoms with Gasteiger partial charge in [-0.05, 0) is 13.0 Å². The van der Waals surface area contributed by atoms with E-state index in [1.807, 2.05) is 6.92 Å². The van der Waals surface area contributed by atoms with Crippen LogP contribution < -0.4 is 5.56 Å². The fourth-order valence-electron chi connectivity index (χ4n) is 0.968. The first-order chi connectivity index (χ1) is 5.69. The second-order valence-electron chi connectivity index (χ2n) is 2.22. The van der Waals surface area contributed by atoms with E-state index in [1.165, 1.54) is 16.7 Å². The molecule has 3 nitrogen and oxygen atoms in total. The topological polar surface area (TPSA) is 34.9 Å². The van der Waals surface area contributed by atoms with E-state index >= 15 is 0 Å². The summed E-state index contributed by atoms with van der Waals surface area (Å²) >= 11 is 5.59. The maximum absolute atomic E-state index is 11.2. The van der Waals surface area contributed by atoms with Gasteiger partial charge in [0.15, 0.2) is 0 Å².